The fourth-order valence-corrected chi connectivity index (χ4v) is 4.16. The van der Waals surface area contributed by atoms with Crippen molar-refractivity contribution in [3.63, 3.8) is 0 Å². The number of aromatic nitrogens is 2. The Labute approximate surface area is 118 Å². The summed E-state index contributed by atoms with van der Waals surface area (Å²) in [5.41, 5.74) is 9.24. The molecule has 1 unspecified atom stereocenters. The number of rotatable bonds is 3. The number of imidazole rings is 1. The van der Waals surface area contributed by atoms with Crippen molar-refractivity contribution in [2.75, 3.05) is 5.75 Å². The van der Waals surface area contributed by atoms with Crippen molar-refractivity contribution < 1.29 is 0 Å². The Hall–Kier alpha value is -1.00. The van der Waals surface area contributed by atoms with E-state index in [0.29, 0.717) is 11.8 Å². The van der Waals surface area contributed by atoms with Crippen LogP contribution in [-0.4, -0.2) is 15.3 Å². The third-order valence-corrected chi connectivity index (χ3v) is 5.24. The Bertz CT molecular complexity index is 570. The quantitative estimate of drug-likeness (QED) is 0.932. The summed E-state index contributed by atoms with van der Waals surface area (Å²) in [7, 11) is 0. The van der Waals surface area contributed by atoms with Crippen molar-refractivity contribution in [2.45, 2.75) is 44.5 Å². The highest BCUT2D eigenvalue weighted by molar-refractivity contribution is 7.99. The van der Waals surface area contributed by atoms with E-state index in [1.54, 1.807) is 0 Å². The molecule has 0 spiro atoms. The second-order valence-electron chi connectivity index (χ2n) is 5.10. The van der Waals surface area contributed by atoms with Gasteiger partial charge < -0.3 is 10.3 Å². The standard InChI is InChI=1S/C15H21N3S/c1-2-18-13-7-6-11(10-16)9-12(13)17-15(18)14-5-3-4-8-19-14/h6-7,9,14H,2-5,8,10,16H2,1H3. The summed E-state index contributed by atoms with van der Waals surface area (Å²) in [6.45, 7) is 3.78. The molecule has 19 heavy (non-hydrogen) atoms. The number of fused-ring (bicyclic) bond motifs is 1. The molecular formula is C15H21N3S. The summed E-state index contributed by atoms with van der Waals surface area (Å²) in [6.07, 6.45) is 3.95. The molecule has 0 amide bonds. The third-order valence-electron chi connectivity index (χ3n) is 3.86. The molecular weight excluding hydrogens is 254 g/mol. The van der Waals surface area contributed by atoms with Crippen LogP contribution in [0.1, 0.15) is 42.8 Å². The van der Waals surface area contributed by atoms with Crippen molar-refractivity contribution in [2.24, 2.45) is 5.73 Å². The lowest BCUT2D eigenvalue weighted by Gasteiger charge is -2.21. The van der Waals surface area contributed by atoms with Crippen LogP contribution in [0.4, 0.5) is 0 Å². The van der Waals surface area contributed by atoms with E-state index in [1.165, 1.54) is 36.4 Å². The molecule has 1 aliphatic heterocycles. The van der Waals surface area contributed by atoms with Crippen molar-refractivity contribution in [3.05, 3.63) is 29.6 Å². The second kappa shape index (κ2) is 5.55. The summed E-state index contributed by atoms with van der Waals surface area (Å²) in [6, 6.07) is 6.43. The summed E-state index contributed by atoms with van der Waals surface area (Å²) in [5, 5.41) is 0.572. The highest BCUT2D eigenvalue weighted by Crippen LogP contribution is 2.38. The first-order valence-corrected chi connectivity index (χ1v) is 8.19. The lowest BCUT2D eigenvalue weighted by molar-refractivity contribution is 0.625. The van der Waals surface area contributed by atoms with Gasteiger partial charge in [0.1, 0.15) is 5.82 Å². The van der Waals surface area contributed by atoms with Gasteiger partial charge in [-0.3, -0.25) is 0 Å². The lowest BCUT2D eigenvalue weighted by Crippen LogP contribution is -2.09. The summed E-state index contributed by atoms with van der Waals surface area (Å²) >= 11 is 2.06. The molecule has 4 heteroatoms. The van der Waals surface area contributed by atoms with Gasteiger partial charge in [-0.2, -0.15) is 11.8 Å². The molecule has 1 aliphatic rings. The van der Waals surface area contributed by atoms with E-state index < -0.39 is 0 Å². The van der Waals surface area contributed by atoms with Crippen LogP contribution >= 0.6 is 11.8 Å². The van der Waals surface area contributed by atoms with Crippen LogP contribution in [-0.2, 0) is 13.1 Å². The second-order valence-corrected chi connectivity index (χ2v) is 6.41. The molecule has 1 atom stereocenters. The van der Waals surface area contributed by atoms with Gasteiger partial charge >= 0.3 is 0 Å². The number of aryl methyl sites for hydroxylation is 1. The van der Waals surface area contributed by atoms with E-state index >= 15 is 0 Å². The van der Waals surface area contributed by atoms with Gasteiger partial charge in [-0.1, -0.05) is 12.5 Å². The largest absolute Gasteiger partial charge is 0.327 e. The number of hydrogen-bond donors (Lipinski definition) is 1. The number of benzene rings is 1. The van der Waals surface area contributed by atoms with E-state index in [2.05, 4.69) is 41.5 Å². The Kier molecular flexibility index (Phi) is 3.80. The van der Waals surface area contributed by atoms with Gasteiger partial charge in [-0.25, -0.2) is 4.98 Å². The molecule has 1 fully saturated rings. The molecule has 3 nitrogen and oxygen atoms in total. The Morgan fingerprint density at radius 3 is 3.00 bits per heavy atom. The van der Waals surface area contributed by atoms with Gasteiger partial charge in [0.25, 0.3) is 0 Å². The van der Waals surface area contributed by atoms with Gasteiger partial charge in [0.15, 0.2) is 0 Å². The molecule has 102 valence electrons. The Balaban J connectivity index is 2.07. The average molecular weight is 275 g/mol. The maximum absolute atomic E-state index is 5.72. The predicted molar refractivity (Wildman–Crippen MR) is 82.3 cm³/mol. The van der Waals surface area contributed by atoms with Crippen molar-refractivity contribution in [1.29, 1.82) is 0 Å². The highest BCUT2D eigenvalue weighted by atomic mass is 32.2. The maximum Gasteiger partial charge on any atom is 0.123 e. The predicted octanol–water partition coefficient (Wildman–Crippen LogP) is 3.47. The van der Waals surface area contributed by atoms with Gasteiger partial charge in [0, 0.05) is 13.1 Å². The van der Waals surface area contributed by atoms with Crippen LogP contribution in [0.15, 0.2) is 18.2 Å². The van der Waals surface area contributed by atoms with Gasteiger partial charge in [0.2, 0.25) is 0 Å². The molecule has 1 aromatic heterocycles. The molecule has 2 aromatic rings. The van der Waals surface area contributed by atoms with Crippen LogP contribution in [0.5, 0.6) is 0 Å². The number of nitrogens with two attached hydrogens (primary N) is 1. The SMILES string of the molecule is CCn1c(C2CCCCS2)nc2cc(CN)ccc21. The van der Waals surface area contributed by atoms with E-state index in [9.17, 15) is 0 Å². The molecule has 2 heterocycles. The Morgan fingerprint density at radius 1 is 1.42 bits per heavy atom. The maximum atomic E-state index is 5.72. The minimum Gasteiger partial charge on any atom is -0.327 e. The monoisotopic (exact) mass is 275 g/mol. The van der Waals surface area contributed by atoms with E-state index in [0.717, 1.165) is 17.6 Å². The van der Waals surface area contributed by atoms with Gasteiger partial charge in [0.05, 0.1) is 16.3 Å². The molecule has 0 radical (unpaired) electrons. The average Bonchev–Trinajstić information content (AvgIpc) is 2.85. The summed E-state index contributed by atoms with van der Waals surface area (Å²) in [4.78, 5) is 4.90. The molecule has 0 aliphatic carbocycles. The van der Waals surface area contributed by atoms with E-state index in [4.69, 9.17) is 10.7 Å². The minimum atomic E-state index is 0.572. The van der Waals surface area contributed by atoms with Crippen molar-refractivity contribution >= 4 is 22.8 Å². The zero-order valence-electron chi connectivity index (χ0n) is 11.4. The fraction of sp³-hybridized carbons (Fsp3) is 0.533. The van der Waals surface area contributed by atoms with Crippen LogP contribution in [0, 0.1) is 0 Å². The first-order valence-electron chi connectivity index (χ1n) is 7.14. The normalized spacial score (nSPS) is 20.0. The first-order chi connectivity index (χ1) is 9.33. The van der Waals surface area contributed by atoms with E-state index in [1.807, 2.05) is 0 Å². The van der Waals surface area contributed by atoms with Gasteiger partial charge in [-0.05, 0) is 43.2 Å². The third kappa shape index (κ3) is 2.39. The van der Waals surface area contributed by atoms with Gasteiger partial charge in [-0.15, -0.1) is 0 Å². The van der Waals surface area contributed by atoms with Crippen LogP contribution in [0.25, 0.3) is 11.0 Å². The van der Waals surface area contributed by atoms with Crippen molar-refractivity contribution in [3.8, 4) is 0 Å². The fourth-order valence-electron chi connectivity index (χ4n) is 2.84. The Morgan fingerprint density at radius 2 is 2.32 bits per heavy atom. The molecule has 2 N–H and O–H groups in total. The molecule has 3 rings (SSSR count). The van der Waals surface area contributed by atoms with Crippen LogP contribution in [0.3, 0.4) is 0 Å². The van der Waals surface area contributed by atoms with Crippen LogP contribution in [0.2, 0.25) is 0 Å². The zero-order chi connectivity index (χ0) is 13.2. The first kappa shape index (κ1) is 13.0. The topological polar surface area (TPSA) is 43.8 Å². The molecule has 0 bridgehead atoms. The molecule has 1 aromatic carbocycles. The summed E-state index contributed by atoms with van der Waals surface area (Å²) < 4.78 is 2.37. The highest BCUT2D eigenvalue weighted by Gasteiger charge is 2.22. The zero-order valence-corrected chi connectivity index (χ0v) is 12.2. The van der Waals surface area contributed by atoms with Crippen LogP contribution < -0.4 is 5.73 Å². The molecule has 1 saturated heterocycles. The number of nitrogens with zero attached hydrogens (tertiary/aromatic N) is 2. The smallest absolute Gasteiger partial charge is 0.123 e. The van der Waals surface area contributed by atoms with Crippen molar-refractivity contribution in [1.82, 2.24) is 9.55 Å². The van der Waals surface area contributed by atoms with E-state index in [-0.39, 0.29) is 0 Å². The number of hydrogen-bond acceptors (Lipinski definition) is 3. The molecule has 0 saturated carbocycles. The number of thioether (sulfide) groups is 1. The minimum absolute atomic E-state index is 0.572. The lowest BCUT2D eigenvalue weighted by atomic mass is 10.2. The summed E-state index contributed by atoms with van der Waals surface area (Å²) in [5.74, 6) is 2.53.